The van der Waals surface area contributed by atoms with Crippen LogP contribution in [0, 0.1) is 13.8 Å². The second-order valence-corrected chi connectivity index (χ2v) is 7.49. The zero-order valence-electron chi connectivity index (χ0n) is 15.4. The first-order valence-electron chi connectivity index (χ1n) is 8.85. The van der Waals surface area contributed by atoms with E-state index in [1.807, 2.05) is 35.7 Å². The number of aryl methyl sites for hydroxylation is 1. The molecule has 2 aromatic heterocycles. The van der Waals surface area contributed by atoms with Gasteiger partial charge >= 0.3 is 0 Å². The predicted molar refractivity (Wildman–Crippen MR) is 108 cm³/mol. The molecule has 138 valence electrons. The zero-order valence-corrected chi connectivity index (χ0v) is 16.2. The Balaban J connectivity index is 1.48. The van der Waals surface area contributed by atoms with Gasteiger partial charge in [-0.25, -0.2) is 4.98 Å². The van der Waals surface area contributed by atoms with E-state index in [2.05, 4.69) is 41.4 Å². The van der Waals surface area contributed by atoms with Crippen LogP contribution in [0.25, 0.3) is 11.3 Å². The molecule has 1 N–H and O–H groups in total. The van der Waals surface area contributed by atoms with Gasteiger partial charge in [0.25, 0.3) is 5.91 Å². The van der Waals surface area contributed by atoms with Gasteiger partial charge in [0.2, 0.25) is 0 Å². The number of amides is 1. The summed E-state index contributed by atoms with van der Waals surface area (Å²) < 4.78 is 7.95. The summed E-state index contributed by atoms with van der Waals surface area (Å²) in [5, 5.41) is 5.45. The Hall–Kier alpha value is -2.86. The number of thiazole rings is 1. The average molecular weight is 379 g/mol. The molecule has 0 bridgehead atoms. The van der Waals surface area contributed by atoms with Gasteiger partial charge in [0.15, 0.2) is 11.2 Å². The van der Waals surface area contributed by atoms with E-state index in [1.165, 1.54) is 11.3 Å². The third-order valence-corrected chi connectivity index (χ3v) is 5.59. The summed E-state index contributed by atoms with van der Waals surface area (Å²) in [6.07, 6.45) is 1.96. The third kappa shape index (κ3) is 3.28. The van der Waals surface area contributed by atoms with Crippen LogP contribution in [0.15, 0.2) is 48.4 Å². The summed E-state index contributed by atoms with van der Waals surface area (Å²) in [7, 11) is 0. The highest BCUT2D eigenvalue weighted by Gasteiger charge is 2.29. The lowest BCUT2D eigenvalue weighted by atomic mass is 10.1. The number of fused-ring (bicyclic) bond motifs is 1. The van der Waals surface area contributed by atoms with Crippen LogP contribution in [-0.4, -0.2) is 21.6 Å². The lowest BCUT2D eigenvalue weighted by Gasteiger charge is -2.09. The van der Waals surface area contributed by atoms with Gasteiger partial charge in [-0.1, -0.05) is 24.3 Å². The van der Waals surface area contributed by atoms with E-state index in [4.69, 9.17) is 4.74 Å². The van der Waals surface area contributed by atoms with E-state index in [-0.39, 0.29) is 5.91 Å². The Morgan fingerprint density at radius 2 is 2.26 bits per heavy atom. The van der Waals surface area contributed by atoms with Crippen LogP contribution in [0.3, 0.4) is 0 Å². The van der Waals surface area contributed by atoms with Gasteiger partial charge in [-0.2, -0.15) is 0 Å². The van der Waals surface area contributed by atoms with Gasteiger partial charge in [-0.05, 0) is 31.5 Å². The Morgan fingerprint density at radius 3 is 3.04 bits per heavy atom. The number of hydrogen-bond acceptors (Lipinski definition) is 4. The second kappa shape index (κ2) is 7.04. The first-order chi connectivity index (χ1) is 13.1. The van der Waals surface area contributed by atoms with Gasteiger partial charge in [0.1, 0.15) is 5.75 Å². The Morgan fingerprint density at radius 1 is 1.44 bits per heavy atom. The summed E-state index contributed by atoms with van der Waals surface area (Å²) in [5.74, 6) is 0.622. The summed E-state index contributed by atoms with van der Waals surface area (Å²) >= 11 is 1.42. The Bertz CT molecular complexity index is 993. The first-order valence-corrected chi connectivity index (χ1v) is 9.73. The van der Waals surface area contributed by atoms with Crippen molar-refractivity contribution in [3.8, 4) is 17.0 Å². The number of hydrogen-bond donors (Lipinski definition) is 1. The molecule has 1 unspecified atom stereocenters. The fourth-order valence-electron chi connectivity index (χ4n) is 3.44. The third-order valence-electron chi connectivity index (χ3n) is 4.84. The number of allylic oxidation sites excluding steroid dienone is 1. The molecule has 0 fully saturated rings. The minimum atomic E-state index is -0.507. The molecule has 1 amide bonds. The fraction of sp³-hybridized carbons (Fsp3) is 0.238. The van der Waals surface area contributed by atoms with Crippen LogP contribution >= 0.6 is 11.3 Å². The summed E-state index contributed by atoms with van der Waals surface area (Å²) in [6, 6.07) is 9.87. The number of nitrogens with zero attached hydrogens (tertiary/aromatic N) is 2. The number of ether oxygens (including phenoxy) is 1. The normalized spacial score (nSPS) is 15.3. The highest BCUT2D eigenvalue weighted by molar-refractivity contribution is 7.14. The molecule has 3 heterocycles. The molecule has 1 atom stereocenters. The monoisotopic (exact) mass is 379 g/mol. The predicted octanol–water partition coefficient (Wildman–Crippen LogP) is 4.36. The summed E-state index contributed by atoms with van der Waals surface area (Å²) in [4.78, 5) is 17.2. The molecule has 4 rings (SSSR count). The molecule has 5 nitrogen and oxygen atoms in total. The van der Waals surface area contributed by atoms with E-state index < -0.39 is 6.10 Å². The largest absolute Gasteiger partial charge is 0.480 e. The lowest BCUT2D eigenvalue weighted by Crippen LogP contribution is -2.31. The van der Waals surface area contributed by atoms with Crippen molar-refractivity contribution in [2.45, 2.75) is 32.9 Å². The number of anilines is 1. The number of carbonyl (C=O) groups excluding carboxylic acids is 1. The fourth-order valence-corrected chi connectivity index (χ4v) is 4.15. The minimum Gasteiger partial charge on any atom is -0.480 e. The van der Waals surface area contributed by atoms with Gasteiger partial charge in [-0.15, -0.1) is 17.9 Å². The number of benzene rings is 1. The van der Waals surface area contributed by atoms with E-state index >= 15 is 0 Å². The number of carbonyl (C=O) groups is 1. The summed E-state index contributed by atoms with van der Waals surface area (Å²) in [5.41, 5.74) is 5.32. The number of para-hydroxylation sites is 1. The van der Waals surface area contributed by atoms with Crippen molar-refractivity contribution in [2.24, 2.45) is 0 Å². The highest BCUT2D eigenvalue weighted by Crippen LogP contribution is 2.31. The molecule has 0 radical (unpaired) electrons. The van der Waals surface area contributed by atoms with Crippen molar-refractivity contribution in [1.82, 2.24) is 9.55 Å². The molecule has 0 saturated carbocycles. The molecule has 1 aliphatic rings. The van der Waals surface area contributed by atoms with Crippen LogP contribution < -0.4 is 10.1 Å². The smallest absolute Gasteiger partial charge is 0.267 e. The lowest BCUT2D eigenvalue weighted by molar-refractivity contribution is -0.122. The standard InChI is InChI=1S/C21H21N3O2S/c1-4-9-24-13(2)10-16(14(24)3)17-12-27-21(22-17)23-20(25)19-11-15-7-5-6-8-18(15)26-19/h4-8,10,12,19H,1,9,11H2,2-3H3,(H,22,23,25). The van der Waals surface area contributed by atoms with Crippen molar-refractivity contribution < 1.29 is 9.53 Å². The number of aromatic nitrogens is 2. The van der Waals surface area contributed by atoms with Crippen molar-refractivity contribution in [2.75, 3.05) is 5.32 Å². The van der Waals surface area contributed by atoms with Gasteiger partial charge in [-0.3, -0.25) is 10.1 Å². The topological polar surface area (TPSA) is 56.2 Å². The van der Waals surface area contributed by atoms with Gasteiger partial charge in [0, 0.05) is 35.3 Å². The van der Waals surface area contributed by atoms with Crippen LogP contribution in [0.4, 0.5) is 5.13 Å². The molecule has 0 saturated heterocycles. The van der Waals surface area contributed by atoms with Crippen molar-refractivity contribution in [1.29, 1.82) is 0 Å². The molecule has 6 heteroatoms. The molecule has 3 aromatic rings. The number of nitrogens with one attached hydrogen (secondary N) is 1. The molecule has 27 heavy (non-hydrogen) atoms. The van der Waals surface area contributed by atoms with Gasteiger partial charge in [0.05, 0.1) is 5.69 Å². The molecular formula is C21H21N3O2S. The van der Waals surface area contributed by atoms with E-state index in [9.17, 15) is 4.79 Å². The van der Waals surface area contributed by atoms with E-state index in [0.717, 1.165) is 40.5 Å². The zero-order chi connectivity index (χ0) is 19.0. The van der Waals surface area contributed by atoms with Crippen LogP contribution in [0.2, 0.25) is 0 Å². The second-order valence-electron chi connectivity index (χ2n) is 6.63. The van der Waals surface area contributed by atoms with Crippen LogP contribution in [0.5, 0.6) is 5.75 Å². The Labute approximate surface area is 162 Å². The molecule has 1 aliphatic heterocycles. The minimum absolute atomic E-state index is 0.163. The molecule has 1 aromatic carbocycles. The quantitative estimate of drug-likeness (QED) is 0.670. The maximum Gasteiger partial charge on any atom is 0.267 e. The molecule has 0 spiro atoms. The van der Waals surface area contributed by atoms with Crippen molar-refractivity contribution in [3.05, 3.63) is 65.3 Å². The van der Waals surface area contributed by atoms with Crippen molar-refractivity contribution >= 4 is 22.4 Å². The first kappa shape index (κ1) is 17.5. The maximum atomic E-state index is 12.6. The summed E-state index contributed by atoms with van der Waals surface area (Å²) in [6.45, 7) is 8.73. The van der Waals surface area contributed by atoms with Gasteiger partial charge < -0.3 is 9.30 Å². The molecule has 0 aliphatic carbocycles. The maximum absolute atomic E-state index is 12.6. The SMILES string of the molecule is C=CCn1c(C)cc(-c2csc(NC(=O)C3Cc4ccccc4O3)n2)c1C. The average Bonchev–Trinajstić information content (AvgIpc) is 3.35. The van der Waals surface area contributed by atoms with Crippen LogP contribution in [-0.2, 0) is 17.8 Å². The Kier molecular flexibility index (Phi) is 4.58. The van der Waals surface area contributed by atoms with E-state index in [0.29, 0.717) is 11.6 Å². The molecular weight excluding hydrogens is 358 g/mol. The van der Waals surface area contributed by atoms with E-state index in [1.54, 1.807) is 0 Å². The number of rotatable bonds is 5. The van der Waals surface area contributed by atoms with Crippen molar-refractivity contribution in [3.63, 3.8) is 0 Å². The highest BCUT2D eigenvalue weighted by atomic mass is 32.1. The van der Waals surface area contributed by atoms with Crippen LogP contribution in [0.1, 0.15) is 17.0 Å².